The van der Waals surface area contributed by atoms with Crippen molar-refractivity contribution < 1.29 is 27.4 Å². The first-order valence-electron chi connectivity index (χ1n) is 4.33. The van der Waals surface area contributed by atoms with Crippen molar-refractivity contribution in [3.05, 3.63) is 34.8 Å². The molecule has 16 heavy (non-hydrogen) atoms. The Labute approximate surface area is 88.8 Å². The van der Waals surface area contributed by atoms with Gasteiger partial charge in [0.1, 0.15) is 0 Å². The molecule has 88 valence electrons. The van der Waals surface area contributed by atoms with Gasteiger partial charge in [0.2, 0.25) is 0 Å². The Bertz CT molecular complexity index is 403. The zero-order chi connectivity index (χ0) is 12.3. The van der Waals surface area contributed by atoms with Crippen LogP contribution in [0.5, 0.6) is 0 Å². The quantitative estimate of drug-likeness (QED) is 0.443. The highest BCUT2D eigenvalue weighted by atomic mass is 19.4. The maximum Gasteiger partial charge on any atom is 0.416 e. The minimum atomic E-state index is -4.60. The van der Waals surface area contributed by atoms with Gasteiger partial charge in [-0.3, -0.25) is 0 Å². The van der Waals surface area contributed by atoms with E-state index in [9.17, 15) is 23.2 Å². The van der Waals surface area contributed by atoms with E-state index in [-0.39, 0.29) is 11.3 Å². The second-order valence-electron chi connectivity index (χ2n) is 2.84. The lowest BCUT2D eigenvalue weighted by molar-refractivity contribution is -0.608. The lowest BCUT2D eigenvalue weighted by atomic mass is 10.2. The average Bonchev–Trinajstić information content (AvgIpc) is 2.16. The molecule has 0 spiro atoms. The van der Waals surface area contributed by atoms with Gasteiger partial charge in [0.25, 0.3) is 0 Å². The first kappa shape index (κ1) is 12.3. The van der Waals surface area contributed by atoms with Crippen LogP contribution in [0, 0.1) is 5.21 Å². The highest BCUT2D eigenvalue weighted by Crippen LogP contribution is 2.28. The van der Waals surface area contributed by atoms with Crippen molar-refractivity contribution in [1.29, 1.82) is 0 Å². The first-order chi connectivity index (χ1) is 7.36. The molecule has 1 heterocycles. The van der Waals surface area contributed by atoms with Gasteiger partial charge < -0.3 is 9.94 Å². The van der Waals surface area contributed by atoms with Crippen LogP contribution in [0.25, 0.3) is 0 Å². The molecule has 0 N–H and O–H groups in total. The largest absolute Gasteiger partial charge is 0.618 e. The molecule has 1 aromatic rings. The highest BCUT2D eigenvalue weighted by Gasteiger charge is 2.33. The van der Waals surface area contributed by atoms with Gasteiger partial charge in [-0.1, -0.05) is 0 Å². The van der Waals surface area contributed by atoms with E-state index in [4.69, 9.17) is 0 Å². The maximum absolute atomic E-state index is 12.3. The van der Waals surface area contributed by atoms with Crippen LogP contribution in [-0.2, 0) is 10.9 Å². The molecule has 7 heteroatoms. The number of ether oxygens (including phenoxy) is 1. The van der Waals surface area contributed by atoms with Crippen LogP contribution >= 0.6 is 0 Å². The molecule has 1 aromatic heterocycles. The summed E-state index contributed by atoms with van der Waals surface area (Å²) in [5.74, 6) is -1.08. The molecule has 0 unspecified atom stereocenters. The van der Waals surface area contributed by atoms with Crippen molar-refractivity contribution in [3.8, 4) is 0 Å². The predicted molar refractivity (Wildman–Crippen MR) is 46.4 cm³/mol. The molecule has 0 aliphatic heterocycles. The SMILES string of the molecule is CCOC(=O)c1cc(C(F)(F)F)cc[n+]1[O-]. The van der Waals surface area contributed by atoms with Crippen LogP contribution in [0.4, 0.5) is 13.2 Å². The first-order valence-corrected chi connectivity index (χ1v) is 4.33. The van der Waals surface area contributed by atoms with Gasteiger partial charge >= 0.3 is 17.8 Å². The van der Waals surface area contributed by atoms with Gasteiger partial charge in [0.15, 0.2) is 6.20 Å². The molecule has 0 aliphatic rings. The summed E-state index contributed by atoms with van der Waals surface area (Å²) in [7, 11) is 0. The molecule has 0 aromatic carbocycles. The van der Waals surface area contributed by atoms with Crippen molar-refractivity contribution in [2.45, 2.75) is 13.1 Å². The lowest BCUT2D eigenvalue weighted by Gasteiger charge is -2.08. The molecule has 0 fully saturated rings. The summed E-state index contributed by atoms with van der Waals surface area (Å²) in [6.07, 6.45) is -3.98. The number of hydrogen-bond acceptors (Lipinski definition) is 3. The number of rotatable bonds is 2. The number of carbonyl (C=O) groups excluding carboxylic acids is 1. The van der Waals surface area contributed by atoms with Crippen molar-refractivity contribution in [3.63, 3.8) is 0 Å². The van der Waals surface area contributed by atoms with Crippen LogP contribution < -0.4 is 4.73 Å². The van der Waals surface area contributed by atoms with E-state index >= 15 is 0 Å². The molecule has 0 amide bonds. The van der Waals surface area contributed by atoms with Gasteiger partial charge in [-0.15, -0.1) is 0 Å². The van der Waals surface area contributed by atoms with E-state index in [2.05, 4.69) is 4.74 Å². The summed E-state index contributed by atoms with van der Waals surface area (Å²) < 4.78 is 41.3. The fraction of sp³-hybridized carbons (Fsp3) is 0.333. The number of hydrogen-bond donors (Lipinski definition) is 0. The maximum atomic E-state index is 12.3. The fourth-order valence-corrected chi connectivity index (χ4v) is 1.02. The van der Waals surface area contributed by atoms with E-state index in [0.717, 1.165) is 0 Å². The summed E-state index contributed by atoms with van der Waals surface area (Å²) >= 11 is 0. The third-order valence-corrected chi connectivity index (χ3v) is 1.73. The molecule has 0 atom stereocenters. The van der Waals surface area contributed by atoms with Gasteiger partial charge in [0, 0.05) is 12.1 Å². The van der Waals surface area contributed by atoms with E-state index in [1.807, 2.05) is 0 Å². The van der Waals surface area contributed by atoms with Crippen LogP contribution in [0.15, 0.2) is 18.3 Å². The van der Waals surface area contributed by atoms with Crippen LogP contribution in [0.2, 0.25) is 0 Å². The van der Waals surface area contributed by atoms with Crippen molar-refractivity contribution in [2.75, 3.05) is 6.61 Å². The Morgan fingerprint density at radius 1 is 1.56 bits per heavy atom. The molecular formula is C9H8F3NO3. The number of carbonyl (C=O) groups is 1. The fourth-order valence-electron chi connectivity index (χ4n) is 1.02. The molecule has 0 radical (unpaired) electrons. The Hall–Kier alpha value is -1.79. The van der Waals surface area contributed by atoms with E-state index < -0.39 is 23.4 Å². The van der Waals surface area contributed by atoms with Crippen LogP contribution in [-0.4, -0.2) is 12.6 Å². The van der Waals surface area contributed by atoms with E-state index in [0.29, 0.717) is 18.3 Å². The number of aromatic nitrogens is 1. The minimum absolute atomic E-state index is 0.0188. The number of pyridine rings is 1. The Kier molecular flexibility index (Phi) is 3.36. The molecule has 0 aliphatic carbocycles. The Balaban J connectivity index is 3.14. The summed E-state index contributed by atoms with van der Waals surface area (Å²) in [6.45, 7) is 1.47. The van der Waals surface area contributed by atoms with Gasteiger partial charge in [-0.2, -0.15) is 17.9 Å². The smallest absolute Gasteiger partial charge is 0.416 e. The standard InChI is InChI=1S/C9H8F3NO3/c1-2-16-8(14)7-5-6(9(10,11)12)3-4-13(7)15/h3-5H,2H2,1H3. The summed E-state index contributed by atoms with van der Waals surface area (Å²) in [6, 6.07) is 1.06. The monoisotopic (exact) mass is 235 g/mol. The molecular weight excluding hydrogens is 227 g/mol. The average molecular weight is 235 g/mol. The second kappa shape index (κ2) is 4.38. The topological polar surface area (TPSA) is 53.2 Å². The number of halogens is 3. The molecule has 0 saturated carbocycles. The molecule has 0 saturated heterocycles. The minimum Gasteiger partial charge on any atom is -0.618 e. The number of esters is 1. The van der Waals surface area contributed by atoms with Crippen LogP contribution in [0.3, 0.4) is 0 Å². The van der Waals surface area contributed by atoms with Crippen LogP contribution in [0.1, 0.15) is 23.0 Å². The molecule has 4 nitrogen and oxygen atoms in total. The Morgan fingerprint density at radius 2 is 2.19 bits per heavy atom. The van der Waals surface area contributed by atoms with Gasteiger partial charge in [-0.05, 0) is 6.92 Å². The van der Waals surface area contributed by atoms with Crippen molar-refractivity contribution >= 4 is 5.97 Å². The second-order valence-corrected chi connectivity index (χ2v) is 2.84. The van der Waals surface area contributed by atoms with Gasteiger partial charge in [-0.25, -0.2) is 4.79 Å². The summed E-state index contributed by atoms with van der Waals surface area (Å²) in [5, 5.41) is 11.1. The van der Waals surface area contributed by atoms with E-state index in [1.54, 1.807) is 0 Å². The zero-order valence-electron chi connectivity index (χ0n) is 8.25. The van der Waals surface area contributed by atoms with Gasteiger partial charge in [0.05, 0.1) is 12.2 Å². The third-order valence-electron chi connectivity index (χ3n) is 1.73. The predicted octanol–water partition coefficient (Wildman–Crippen LogP) is 1.52. The lowest BCUT2D eigenvalue weighted by Crippen LogP contribution is -2.35. The Morgan fingerprint density at radius 3 is 2.69 bits per heavy atom. The third kappa shape index (κ3) is 2.62. The molecule has 0 bridgehead atoms. The van der Waals surface area contributed by atoms with E-state index in [1.165, 1.54) is 6.92 Å². The number of nitrogens with zero attached hydrogens (tertiary/aromatic N) is 1. The molecule has 1 rings (SSSR count). The van der Waals surface area contributed by atoms with Crippen molar-refractivity contribution in [2.24, 2.45) is 0 Å². The zero-order valence-corrected chi connectivity index (χ0v) is 8.25. The highest BCUT2D eigenvalue weighted by molar-refractivity contribution is 5.85. The summed E-state index contributed by atoms with van der Waals surface area (Å²) in [5.41, 5.74) is -1.75. The van der Waals surface area contributed by atoms with Crippen molar-refractivity contribution in [1.82, 2.24) is 0 Å². The number of alkyl halides is 3. The summed E-state index contributed by atoms with van der Waals surface area (Å²) in [4.78, 5) is 11.1. The normalized spacial score (nSPS) is 11.2.